The maximum atomic E-state index is 14.6. The Bertz CT molecular complexity index is 2900. The lowest BCUT2D eigenvalue weighted by atomic mass is 10.0. The van der Waals surface area contributed by atoms with E-state index in [1.54, 1.807) is 0 Å². The maximum Gasteiger partial charge on any atom is 0.326 e. The van der Waals surface area contributed by atoms with Crippen LogP contribution in [0.25, 0.3) is 0 Å². The number of nitrogens with two attached hydrogens (primary N) is 10. The number of carboxylic acid groups (broad SMARTS) is 1. The Morgan fingerprint density at radius 1 is 0.357 bits per heavy atom. The quantitative estimate of drug-likeness (QED) is 0.0166. The number of unbranched alkanes of at least 4 members (excludes halogenated alkanes) is 4. The first-order valence-corrected chi connectivity index (χ1v) is 32.7. The molecule has 33 N–H and O–H groups in total. The summed E-state index contributed by atoms with van der Waals surface area (Å²) >= 11 is 0. The predicted octanol–water partition coefficient (Wildman–Crippen LogP) is -6.46. The van der Waals surface area contributed by atoms with Crippen molar-refractivity contribution in [1.29, 1.82) is 0 Å². The highest BCUT2D eigenvalue weighted by Gasteiger charge is 2.36. The fourth-order valence-corrected chi connectivity index (χ4v) is 9.82. The first kappa shape index (κ1) is 84.6. The lowest BCUT2D eigenvalue weighted by Gasteiger charge is -2.28. The van der Waals surface area contributed by atoms with Crippen LogP contribution in [0.5, 0.6) is 11.5 Å². The molecule has 2 aromatic rings. The molecule has 36 heteroatoms. The summed E-state index contributed by atoms with van der Waals surface area (Å²) in [5.41, 5.74) is 57.7. The molecule has 0 aliphatic carbocycles. The van der Waals surface area contributed by atoms with Gasteiger partial charge in [-0.15, -0.1) is 0 Å². The Labute approximate surface area is 569 Å². The van der Waals surface area contributed by atoms with Gasteiger partial charge in [-0.05, 0) is 164 Å². The van der Waals surface area contributed by atoms with Crippen LogP contribution in [0.1, 0.15) is 127 Å². The molecule has 548 valence electrons. The van der Waals surface area contributed by atoms with E-state index in [0.717, 1.165) is 0 Å². The maximum absolute atomic E-state index is 14.6. The SMILES string of the molecule is NCCCCC(N)C(=O)NC(Cc1ccc(O)cc1)C(=O)NC(CCCCN)C(=O)NC(CCC(N)=O)C(=O)NC(CCCCN)C(=O)NC(CCCN=C(N)N)C(=O)NC(CCCN=C(N)N)C(=O)NC(CO)C(=O)NC(Cc1ccc(O)cc1)C(=O)NC(CCCCN)C(=O)O. The number of aliphatic hydroxyl groups is 1. The molecule has 98 heavy (non-hydrogen) atoms. The largest absolute Gasteiger partial charge is 0.508 e. The fourth-order valence-electron chi connectivity index (χ4n) is 9.82. The van der Waals surface area contributed by atoms with Gasteiger partial charge in [0.1, 0.15) is 65.9 Å². The Balaban J connectivity index is 2.60. The van der Waals surface area contributed by atoms with Crippen LogP contribution in [-0.2, 0) is 65.6 Å². The van der Waals surface area contributed by atoms with Gasteiger partial charge in [0.25, 0.3) is 0 Å². The number of rotatable bonds is 51. The summed E-state index contributed by atoms with van der Waals surface area (Å²) in [5, 5.41) is 63.3. The van der Waals surface area contributed by atoms with E-state index in [0.29, 0.717) is 56.2 Å². The van der Waals surface area contributed by atoms with Crippen molar-refractivity contribution in [3.63, 3.8) is 0 Å². The molecule has 0 aliphatic heterocycles. The first-order chi connectivity index (χ1) is 46.7. The molecule has 0 saturated carbocycles. The summed E-state index contributed by atoms with van der Waals surface area (Å²) in [6.07, 6.45) is 1.50. The van der Waals surface area contributed by atoms with Crippen LogP contribution < -0.4 is 105 Å². The number of aliphatic hydroxyl groups excluding tert-OH is 1. The van der Waals surface area contributed by atoms with Crippen LogP contribution >= 0.6 is 0 Å². The highest BCUT2D eigenvalue weighted by molar-refractivity contribution is 5.99. The molecule has 0 radical (unpaired) electrons. The molecule has 0 aliphatic rings. The van der Waals surface area contributed by atoms with Crippen LogP contribution in [0.4, 0.5) is 0 Å². The number of aliphatic imine (C=N–C) groups is 2. The molecule has 2 aromatic carbocycles. The van der Waals surface area contributed by atoms with Crippen LogP contribution in [0.15, 0.2) is 58.5 Å². The lowest BCUT2D eigenvalue weighted by molar-refractivity contribution is -0.142. The summed E-state index contributed by atoms with van der Waals surface area (Å²) in [6.45, 7) is -0.241. The topological polar surface area (TPSA) is 662 Å². The number of aromatic hydroxyl groups is 2. The van der Waals surface area contributed by atoms with E-state index in [1.165, 1.54) is 48.5 Å². The average Bonchev–Trinajstić information content (AvgIpc) is 0.893. The molecule has 0 bridgehead atoms. The number of primary amides is 1. The molecule has 0 spiro atoms. The molecule has 10 unspecified atom stereocenters. The van der Waals surface area contributed by atoms with Gasteiger partial charge in [0.05, 0.1) is 12.6 Å². The Morgan fingerprint density at radius 2 is 0.633 bits per heavy atom. The number of nitrogens with one attached hydrogen (secondary N) is 9. The van der Waals surface area contributed by atoms with Crippen molar-refractivity contribution >= 4 is 77.0 Å². The fraction of sp³-hybridized carbons (Fsp3) is 0.597. The summed E-state index contributed by atoms with van der Waals surface area (Å²) in [6, 6.07) is -3.38. The third-order valence-corrected chi connectivity index (χ3v) is 15.3. The molecular formula is C62H105N21O15. The van der Waals surface area contributed by atoms with Crippen LogP contribution in [0.3, 0.4) is 0 Å². The van der Waals surface area contributed by atoms with E-state index in [9.17, 15) is 73.2 Å². The minimum atomic E-state index is -1.82. The summed E-state index contributed by atoms with van der Waals surface area (Å²) in [4.78, 5) is 160. The standard InChI is InChI=1S/C62H105N21O15/c63-27-5-1-11-40(67)51(88)81-47(33-36-17-21-38(85)22-18-36)57(94)78-42(13-3-7-29-65)53(90)79-45(25-26-50(68)87)56(93)75-41(12-2-6-28-64)52(89)76-43(15-9-31-73-61(69)70)54(91)77-44(16-10-32-74-62(71)72)55(92)83-49(35-84)59(96)82-48(34-37-19-23-39(86)24-20-37)58(95)80-46(60(97)98)14-4-8-30-66/h17-24,40-49,84-86H,1-16,25-35,63-67H2,(H2,68,87)(H,75,93)(H,76,89)(H,77,91)(H,78,94)(H,79,90)(H,80,95)(H,81,88)(H,82,96)(H,83,92)(H,97,98)(H4,69,70,73)(H4,71,72,74). The monoisotopic (exact) mass is 1380 g/mol. The second-order valence-electron chi connectivity index (χ2n) is 23.5. The second kappa shape index (κ2) is 47.4. The van der Waals surface area contributed by atoms with Crippen molar-refractivity contribution in [2.45, 2.75) is 189 Å². The predicted molar refractivity (Wildman–Crippen MR) is 364 cm³/mol. The molecule has 10 amide bonds. The average molecular weight is 1380 g/mol. The number of hydrogen-bond acceptors (Lipinski definition) is 21. The van der Waals surface area contributed by atoms with Gasteiger partial charge in [-0.3, -0.25) is 57.9 Å². The highest BCUT2D eigenvalue weighted by Crippen LogP contribution is 2.16. The Morgan fingerprint density at radius 3 is 0.959 bits per heavy atom. The number of aliphatic carboxylic acids is 1. The number of carbonyl (C=O) groups excluding carboxylic acids is 10. The summed E-state index contributed by atoms with van der Waals surface area (Å²) in [7, 11) is 0. The van der Waals surface area contributed by atoms with Crippen molar-refractivity contribution in [2.75, 3.05) is 45.9 Å². The zero-order chi connectivity index (χ0) is 73.1. The molecular weight excluding hydrogens is 1280 g/mol. The van der Waals surface area contributed by atoms with Crippen molar-refractivity contribution in [2.24, 2.45) is 67.3 Å². The van der Waals surface area contributed by atoms with E-state index in [4.69, 9.17) is 57.3 Å². The minimum Gasteiger partial charge on any atom is -0.508 e. The molecule has 0 aromatic heterocycles. The number of phenols is 2. The third kappa shape index (κ3) is 34.4. The van der Waals surface area contributed by atoms with Crippen molar-refractivity contribution < 1.29 is 73.2 Å². The van der Waals surface area contributed by atoms with Gasteiger partial charge in [0, 0.05) is 32.4 Å². The van der Waals surface area contributed by atoms with Gasteiger partial charge < -0.3 is 126 Å². The number of hydrogen-bond donors (Lipinski definition) is 23. The second-order valence-corrected chi connectivity index (χ2v) is 23.5. The van der Waals surface area contributed by atoms with E-state index < -0.39 is 145 Å². The summed E-state index contributed by atoms with van der Waals surface area (Å²) in [5.74, 6) is -11.5. The van der Waals surface area contributed by atoms with Gasteiger partial charge in [-0.2, -0.15) is 0 Å². The molecule has 36 nitrogen and oxygen atoms in total. The zero-order valence-corrected chi connectivity index (χ0v) is 55.4. The van der Waals surface area contributed by atoms with E-state index in [-0.39, 0.29) is 133 Å². The van der Waals surface area contributed by atoms with Crippen molar-refractivity contribution in [1.82, 2.24) is 47.9 Å². The molecule has 0 saturated heterocycles. The number of benzene rings is 2. The van der Waals surface area contributed by atoms with Crippen LogP contribution in [0, 0.1) is 0 Å². The van der Waals surface area contributed by atoms with Gasteiger partial charge in [-0.25, -0.2) is 4.79 Å². The van der Waals surface area contributed by atoms with Crippen molar-refractivity contribution in [3.05, 3.63) is 59.7 Å². The number of nitrogens with zero attached hydrogens (tertiary/aromatic N) is 2. The van der Waals surface area contributed by atoms with Gasteiger partial charge in [-0.1, -0.05) is 30.7 Å². The number of carboxylic acids is 1. The number of guanidine groups is 2. The zero-order valence-electron chi connectivity index (χ0n) is 55.4. The molecule has 10 atom stereocenters. The Hall–Kier alpha value is -9.49. The third-order valence-electron chi connectivity index (χ3n) is 15.3. The van der Waals surface area contributed by atoms with Crippen molar-refractivity contribution in [3.8, 4) is 11.5 Å². The number of amides is 10. The van der Waals surface area contributed by atoms with Crippen LogP contribution in [-0.4, -0.2) is 204 Å². The normalized spacial score (nSPS) is 14.1. The number of carbonyl (C=O) groups is 11. The highest BCUT2D eigenvalue weighted by atomic mass is 16.4. The first-order valence-electron chi connectivity index (χ1n) is 32.7. The number of phenolic OH excluding ortho intramolecular Hbond substituents is 2. The van der Waals surface area contributed by atoms with Crippen LogP contribution in [0.2, 0.25) is 0 Å². The molecule has 0 heterocycles. The van der Waals surface area contributed by atoms with E-state index in [1.807, 2.05) is 0 Å². The van der Waals surface area contributed by atoms with Gasteiger partial charge in [0.2, 0.25) is 59.1 Å². The smallest absolute Gasteiger partial charge is 0.326 e. The van der Waals surface area contributed by atoms with Gasteiger partial charge >= 0.3 is 5.97 Å². The van der Waals surface area contributed by atoms with E-state index in [2.05, 4.69) is 57.8 Å². The molecule has 0 fully saturated rings. The van der Waals surface area contributed by atoms with E-state index >= 15 is 0 Å². The Kier molecular flexibility index (Phi) is 40.9. The summed E-state index contributed by atoms with van der Waals surface area (Å²) < 4.78 is 0. The molecule has 2 rings (SSSR count). The van der Waals surface area contributed by atoms with Gasteiger partial charge in [0.15, 0.2) is 11.9 Å². The lowest BCUT2D eigenvalue weighted by Crippen LogP contribution is -2.61. The minimum absolute atomic E-state index is 0.00734.